The highest BCUT2D eigenvalue weighted by Gasteiger charge is 2.18. The van der Waals surface area contributed by atoms with Gasteiger partial charge in [0.15, 0.2) is 0 Å². The first-order valence-electron chi connectivity index (χ1n) is 5.88. The van der Waals surface area contributed by atoms with E-state index in [0.717, 1.165) is 11.8 Å². The van der Waals surface area contributed by atoms with Crippen LogP contribution >= 0.6 is 0 Å². The van der Waals surface area contributed by atoms with E-state index in [1.54, 1.807) is 0 Å². The second-order valence-corrected chi connectivity index (χ2v) is 4.83. The number of benzene rings is 1. The van der Waals surface area contributed by atoms with Gasteiger partial charge in [-0.25, -0.2) is 0 Å². The lowest BCUT2D eigenvalue weighted by Crippen LogP contribution is -2.15. The van der Waals surface area contributed by atoms with Crippen molar-refractivity contribution in [1.82, 2.24) is 0 Å². The second kappa shape index (κ2) is 4.63. The lowest BCUT2D eigenvalue weighted by Gasteiger charge is -2.26. The van der Waals surface area contributed by atoms with E-state index >= 15 is 0 Å². The minimum atomic E-state index is 0.946. The van der Waals surface area contributed by atoms with Gasteiger partial charge < -0.3 is 0 Å². The summed E-state index contributed by atoms with van der Waals surface area (Å²) in [7, 11) is 0. The van der Waals surface area contributed by atoms with Crippen LogP contribution in [0.3, 0.4) is 0 Å². The molecule has 1 aliphatic rings. The third kappa shape index (κ3) is 2.60. The van der Waals surface area contributed by atoms with Gasteiger partial charge in [-0.3, -0.25) is 0 Å². The van der Waals surface area contributed by atoms with Gasteiger partial charge in [0.25, 0.3) is 0 Å². The zero-order valence-electron chi connectivity index (χ0n) is 9.08. The lowest BCUT2D eigenvalue weighted by atomic mass is 9.79. The molecular formula is C14H20. The van der Waals surface area contributed by atoms with Crippen molar-refractivity contribution in [3.05, 3.63) is 35.9 Å². The predicted molar refractivity (Wildman–Crippen MR) is 61.3 cm³/mol. The van der Waals surface area contributed by atoms with Crippen molar-refractivity contribution in [2.75, 3.05) is 0 Å². The Bertz CT molecular complexity index is 263. The Morgan fingerprint density at radius 2 is 1.93 bits per heavy atom. The smallest absolute Gasteiger partial charge is 0.0250 e. The fraction of sp³-hybridized carbons (Fsp3) is 0.571. The van der Waals surface area contributed by atoms with Crippen molar-refractivity contribution in [3.63, 3.8) is 0 Å². The van der Waals surface area contributed by atoms with Gasteiger partial charge in [0.2, 0.25) is 0 Å². The summed E-state index contributed by atoms with van der Waals surface area (Å²) in [5.41, 5.74) is 1.52. The molecule has 0 aromatic heterocycles. The molecule has 0 saturated heterocycles. The zero-order valence-corrected chi connectivity index (χ0v) is 9.08. The monoisotopic (exact) mass is 188 g/mol. The van der Waals surface area contributed by atoms with Crippen LogP contribution in [0.4, 0.5) is 0 Å². The Hall–Kier alpha value is -0.780. The van der Waals surface area contributed by atoms with Crippen molar-refractivity contribution >= 4 is 0 Å². The topological polar surface area (TPSA) is 0 Å². The molecule has 0 unspecified atom stereocenters. The first kappa shape index (κ1) is 9.76. The van der Waals surface area contributed by atoms with E-state index in [1.165, 1.54) is 37.7 Å². The molecule has 1 fully saturated rings. The average Bonchev–Trinajstić information content (AvgIpc) is 2.19. The van der Waals surface area contributed by atoms with Crippen LogP contribution in [0.2, 0.25) is 0 Å². The van der Waals surface area contributed by atoms with Crippen LogP contribution in [0.1, 0.15) is 38.2 Å². The maximum atomic E-state index is 2.40. The molecule has 0 heteroatoms. The van der Waals surface area contributed by atoms with Crippen molar-refractivity contribution in [1.29, 1.82) is 0 Å². The molecule has 0 nitrogen and oxygen atoms in total. The summed E-state index contributed by atoms with van der Waals surface area (Å²) in [5, 5.41) is 0. The largest absolute Gasteiger partial charge is 0.0625 e. The van der Waals surface area contributed by atoms with Crippen LogP contribution in [-0.2, 0) is 6.42 Å². The molecular weight excluding hydrogens is 168 g/mol. The van der Waals surface area contributed by atoms with Crippen LogP contribution in [0.25, 0.3) is 0 Å². The number of rotatable bonds is 2. The van der Waals surface area contributed by atoms with E-state index in [4.69, 9.17) is 0 Å². The number of hydrogen-bond acceptors (Lipinski definition) is 0. The first-order chi connectivity index (χ1) is 6.84. The molecule has 0 bridgehead atoms. The minimum absolute atomic E-state index is 0.946. The molecule has 0 spiro atoms. The van der Waals surface area contributed by atoms with Crippen LogP contribution in [0.5, 0.6) is 0 Å². The first-order valence-corrected chi connectivity index (χ1v) is 5.88. The van der Waals surface area contributed by atoms with Gasteiger partial charge in [-0.15, -0.1) is 0 Å². The molecule has 1 aromatic carbocycles. The third-order valence-electron chi connectivity index (χ3n) is 3.41. The average molecular weight is 188 g/mol. The molecule has 1 aliphatic carbocycles. The van der Waals surface area contributed by atoms with E-state index in [-0.39, 0.29) is 0 Å². The summed E-state index contributed by atoms with van der Waals surface area (Å²) in [4.78, 5) is 0. The van der Waals surface area contributed by atoms with Crippen LogP contribution in [-0.4, -0.2) is 0 Å². The quantitative estimate of drug-likeness (QED) is 0.656. The summed E-state index contributed by atoms with van der Waals surface area (Å²) >= 11 is 0. The third-order valence-corrected chi connectivity index (χ3v) is 3.41. The molecule has 76 valence electrons. The summed E-state index contributed by atoms with van der Waals surface area (Å²) in [6.07, 6.45) is 7.07. The zero-order chi connectivity index (χ0) is 9.80. The van der Waals surface area contributed by atoms with E-state index in [1.807, 2.05) is 0 Å². The van der Waals surface area contributed by atoms with Gasteiger partial charge in [-0.1, -0.05) is 56.5 Å². The van der Waals surface area contributed by atoms with Gasteiger partial charge in [-0.05, 0) is 30.2 Å². The fourth-order valence-corrected chi connectivity index (χ4v) is 2.69. The molecule has 1 aromatic rings. The van der Waals surface area contributed by atoms with Gasteiger partial charge >= 0.3 is 0 Å². The normalized spacial score (nSPS) is 27.5. The summed E-state index contributed by atoms with van der Waals surface area (Å²) in [5.74, 6) is 1.90. The Morgan fingerprint density at radius 1 is 1.14 bits per heavy atom. The van der Waals surface area contributed by atoms with E-state index in [0.29, 0.717) is 0 Å². The lowest BCUT2D eigenvalue weighted by molar-refractivity contribution is 0.281. The molecule has 0 aliphatic heterocycles. The molecule has 0 N–H and O–H groups in total. The molecule has 14 heavy (non-hydrogen) atoms. The fourth-order valence-electron chi connectivity index (χ4n) is 2.69. The van der Waals surface area contributed by atoms with Crippen molar-refractivity contribution in [2.24, 2.45) is 11.8 Å². The second-order valence-electron chi connectivity index (χ2n) is 4.83. The highest BCUT2D eigenvalue weighted by atomic mass is 14.2. The summed E-state index contributed by atoms with van der Waals surface area (Å²) in [6.45, 7) is 2.40. The van der Waals surface area contributed by atoms with E-state index in [9.17, 15) is 0 Å². The molecule has 0 amide bonds. The Kier molecular flexibility index (Phi) is 3.23. The van der Waals surface area contributed by atoms with Gasteiger partial charge in [0, 0.05) is 0 Å². The maximum absolute atomic E-state index is 2.40. The predicted octanol–water partition coefficient (Wildman–Crippen LogP) is 4.06. The van der Waals surface area contributed by atoms with Crippen molar-refractivity contribution in [3.8, 4) is 0 Å². The standard InChI is InChI=1S/C14H20/c1-12-6-5-9-14(10-12)11-13-7-3-2-4-8-13/h2-4,7-8,12,14H,5-6,9-11H2,1H3/t12-,14+/m0/s1. The SMILES string of the molecule is C[C@H]1CCC[C@@H](Cc2ccccc2)C1. The molecule has 2 rings (SSSR count). The van der Waals surface area contributed by atoms with E-state index < -0.39 is 0 Å². The van der Waals surface area contributed by atoms with Crippen LogP contribution < -0.4 is 0 Å². The minimum Gasteiger partial charge on any atom is -0.0625 e. The highest BCUT2D eigenvalue weighted by molar-refractivity contribution is 5.15. The molecule has 0 radical (unpaired) electrons. The molecule has 0 heterocycles. The van der Waals surface area contributed by atoms with Gasteiger partial charge in [0.1, 0.15) is 0 Å². The van der Waals surface area contributed by atoms with E-state index in [2.05, 4.69) is 37.3 Å². The van der Waals surface area contributed by atoms with Gasteiger partial charge in [-0.2, -0.15) is 0 Å². The number of hydrogen-bond donors (Lipinski definition) is 0. The van der Waals surface area contributed by atoms with Crippen molar-refractivity contribution < 1.29 is 0 Å². The summed E-state index contributed by atoms with van der Waals surface area (Å²) < 4.78 is 0. The van der Waals surface area contributed by atoms with Gasteiger partial charge in [0.05, 0.1) is 0 Å². The van der Waals surface area contributed by atoms with Crippen LogP contribution in [0, 0.1) is 11.8 Å². The Morgan fingerprint density at radius 3 is 2.64 bits per heavy atom. The Balaban J connectivity index is 1.91. The molecule has 1 saturated carbocycles. The highest BCUT2D eigenvalue weighted by Crippen LogP contribution is 2.30. The van der Waals surface area contributed by atoms with Crippen LogP contribution in [0.15, 0.2) is 30.3 Å². The van der Waals surface area contributed by atoms with Crippen molar-refractivity contribution in [2.45, 2.75) is 39.0 Å². The molecule has 2 atom stereocenters. The maximum Gasteiger partial charge on any atom is -0.0250 e. The Labute approximate surface area is 87.3 Å². The summed E-state index contributed by atoms with van der Waals surface area (Å²) in [6, 6.07) is 10.9.